The van der Waals surface area contributed by atoms with E-state index in [0.717, 1.165) is 34.2 Å². The van der Waals surface area contributed by atoms with E-state index in [0.29, 0.717) is 11.4 Å². The van der Waals surface area contributed by atoms with Crippen LogP contribution in [0.5, 0.6) is 0 Å². The number of rotatable bonds is 0. The second kappa shape index (κ2) is 6.39. The van der Waals surface area contributed by atoms with E-state index in [1.807, 2.05) is 54.7 Å². The van der Waals surface area contributed by atoms with Gasteiger partial charge < -0.3 is 5.11 Å². The number of fused-ring (bicyclic) bond motifs is 4. The van der Waals surface area contributed by atoms with Crippen LogP contribution in [-0.4, -0.2) is 28.0 Å². The summed E-state index contributed by atoms with van der Waals surface area (Å²) in [6, 6.07) is 0. The van der Waals surface area contributed by atoms with Crippen LogP contribution in [0, 0.1) is 0 Å². The van der Waals surface area contributed by atoms with E-state index in [-0.39, 0.29) is 25.2 Å². The van der Waals surface area contributed by atoms with Gasteiger partial charge in [0, 0.05) is 25.6 Å². The fourth-order valence-electron chi connectivity index (χ4n) is 2.88. The molecule has 6 heteroatoms. The Bertz CT molecular complexity index is 1080. The first-order valence-electron chi connectivity index (χ1n) is 7.88. The third-order valence-corrected chi connectivity index (χ3v) is 4.02. The second-order valence-electron chi connectivity index (χ2n) is 5.91. The quantitative estimate of drug-likeness (QED) is 0.633. The van der Waals surface area contributed by atoms with Gasteiger partial charge in [0.15, 0.2) is 0 Å². The van der Waals surface area contributed by atoms with Gasteiger partial charge in [-0.05, 0) is 60.8 Å². The maximum Gasteiger partial charge on any atom is 0.143 e. The standard InChI is InChI=1S/C20H12N4O.Zn/c25-20-11-18-9-16-4-3-14(22-16)7-12-1-2-13(21-12)8-15-5-6-17(23-15)10-19(20)24-18;/h1-11,25H;. The molecular weight excluding hydrogens is 378 g/mol. The third-order valence-electron chi connectivity index (χ3n) is 4.02. The summed E-state index contributed by atoms with van der Waals surface area (Å²) >= 11 is 0. The molecule has 5 aliphatic rings. The first-order chi connectivity index (χ1) is 12.2. The van der Waals surface area contributed by atoms with Gasteiger partial charge in [0.2, 0.25) is 0 Å². The van der Waals surface area contributed by atoms with Crippen molar-refractivity contribution in [1.82, 2.24) is 0 Å². The van der Waals surface area contributed by atoms with E-state index in [2.05, 4.69) is 20.0 Å². The van der Waals surface area contributed by atoms with E-state index in [9.17, 15) is 5.11 Å². The van der Waals surface area contributed by atoms with Gasteiger partial charge in [-0.25, -0.2) is 20.0 Å². The molecule has 5 aliphatic heterocycles. The zero-order valence-electron chi connectivity index (χ0n) is 13.8. The largest absolute Gasteiger partial charge is 0.506 e. The van der Waals surface area contributed by atoms with Gasteiger partial charge in [-0.2, -0.15) is 0 Å². The van der Waals surface area contributed by atoms with Gasteiger partial charge in [0.1, 0.15) is 11.5 Å². The van der Waals surface area contributed by atoms with Gasteiger partial charge in [0.05, 0.1) is 39.9 Å². The maximum atomic E-state index is 10.1. The van der Waals surface area contributed by atoms with Gasteiger partial charge in [0.25, 0.3) is 0 Å². The monoisotopic (exact) mass is 388 g/mol. The van der Waals surface area contributed by atoms with E-state index < -0.39 is 0 Å². The van der Waals surface area contributed by atoms with E-state index in [1.54, 1.807) is 12.2 Å². The Morgan fingerprint density at radius 3 is 1.50 bits per heavy atom. The molecule has 0 spiro atoms. The number of aliphatic hydroxyl groups excluding tert-OH is 1. The first-order valence-corrected chi connectivity index (χ1v) is 7.88. The van der Waals surface area contributed by atoms with Crippen molar-refractivity contribution in [2.24, 2.45) is 20.0 Å². The molecule has 0 amide bonds. The fraction of sp³-hybridized carbons (Fsp3) is 0. The van der Waals surface area contributed by atoms with Crippen LogP contribution in [0.3, 0.4) is 0 Å². The van der Waals surface area contributed by atoms with Crippen molar-refractivity contribution >= 4 is 22.8 Å². The van der Waals surface area contributed by atoms with Crippen molar-refractivity contribution in [1.29, 1.82) is 0 Å². The molecule has 8 bridgehead atoms. The van der Waals surface area contributed by atoms with Crippen LogP contribution in [-0.2, 0) is 19.5 Å². The number of hydrogen-bond acceptors (Lipinski definition) is 5. The molecular formula is C20H12N4OZn. The maximum absolute atomic E-state index is 10.1. The molecule has 5 heterocycles. The molecule has 0 atom stereocenters. The summed E-state index contributed by atoms with van der Waals surface area (Å²) in [7, 11) is 0. The van der Waals surface area contributed by atoms with E-state index in [4.69, 9.17) is 0 Å². The molecule has 1 N–H and O–H groups in total. The smallest absolute Gasteiger partial charge is 0.143 e. The van der Waals surface area contributed by atoms with Crippen LogP contribution in [0.2, 0.25) is 0 Å². The average molecular weight is 390 g/mol. The van der Waals surface area contributed by atoms with Gasteiger partial charge in [-0.15, -0.1) is 0 Å². The van der Waals surface area contributed by atoms with Crippen molar-refractivity contribution < 1.29 is 24.6 Å². The number of nitrogens with zero attached hydrogens (tertiary/aromatic N) is 4. The molecule has 0 aromatic carbocycles. The molecule has 0 aromatic rings. The Kier molecular flexibility index (Phi) is 4.05. The molecule has 0 unspecified atom stereocenters. The molecule has 0 saturated carbocycles. The molecule has 0 aliphatic carbocycles. The Hall–Kier alpha value is -2.98. The minimum Gasteiger partial charge on any atom is -0.506 e. The Morgan fingerprint density at radius 2 is 0.962 bits per heavy atom. The summed E-state index contributed by atoms with van der Waals surface area (Å²) in [5, 5.41) is 10.1. The summed E-state index contributed by atoms with van der Waals surface area (Å²) in [5.41, 5.74) is 6.03. The Labute approximate surface area is 162 Å². The van der Waals surface area contributed by atoms with Gasteiger partial charge in [-0.3, -0.25) is 0 Å². The van der Waals surface area contributed by atoms with Crippen LogP contribution in [0.1, 0.15) is 0 Å². The summed E-state index contributed by atoms with van der Waals surface area (Å²) in [4.78, 5) is 18.1. The zero-order chi connectivity index (χ0) is 16.8. The van der Waals surface area contributed by atoms with Crippen LogP contribution in [0.4, 0.5) is 0 Å². The Morgan fingerprint density at radius 1 is 0.500 bits per heavy atom. The third kappa shape index (κ3) is 3.11. The van der Waals surface area contributed by atoms with Crippen LogP contribution in [0.15, 0.2) is 115 Å². The molecule has 5 rings (SSSR count). The SMILES string of the molecule is OC1=CC2=CC3=NC(=CC4=NC(=CC5=NC(=CC1=N2)C=C5)C=C4)C=C3.[Zn]. The average Bonchev–Trinajstić information content (AvgIpc) is 3.33. The molecule has 0 radical (unpaired) electrons. The normalized spacial score (nSPS) is 21.8. The molecule has 120 valence electrons. The summed E-state index contributed by atoms with van der Waals surface area (Å²) in [6.45, 7) is 0. The van der Waals surface area contributed by atoms with Crippen molar-refractivity contribution in [2.75, 3.05) is 0 Å². The van der Waals surface area contributed by atoms with Crippen LogP contribution >= 0.6 is 0 Å². The summed E-state index contributed by atoms with van der Waals surface area (Å²) < 4.78 is 0. The number of aliphatic imine (C=N–C) groups is 4. The zero-order valence-corrected chi connectivity index (χ0v) is 16.8. The Balaban J connectivity index is 0.00000168. The first kappa shape index (κ1) is 16.5. The van der Waals surface area contributed by atoms with Crippen LogP contribution < -0.4 is 0 Å². The molecule has 26 heavy (non-hydrogen) atoms. The number of allylic oxidation sites excluding steroid dienone is 11. The van der Waals surface area contributed by atoms with Crippen LogP contribution in [0.25, 0.3) is 0 Å². The minimum absolute atomic E-state index is 0. The van der Waals surface area contributed by atoms with Crippen molar-refractivity contribution in [3.05, 3.63) is 95.4 Å². The molecule has 5 nitrogen and oxygen atoms in total. The number of hydrogen-bond donors (Lipinski definition) is 1. The van der Waals surface area contributed by atoms with Crippen molar-refractivity contribution in [3.8, 4) is 0 Å². The molecule has 0 saturated heterocycles. The summed E-state index contributed by atoms with van der Waals surface area (Å²) in [6.07, 6.45) is 20.6. The number of aliphatic hydroxyl groups is 1. The second-order valence-corrected chi connectivity index (χ2v) is 5.91. The molecule has 0 aromatic heterocycles. The molecule has 0 fully saturated rings. The van der Waals surface area contributed by atoms with Crippen molar-refractivity contribution in [2.45, 2.75) is 0 Å². The predicted octanol–water partition coefficient (Wildman–Crippen LogP) is 3.46. The van der Waals surface area contributed by atoms with Crippen molar-refractivity contribution in [3.63, 3.8) is 0 Å². The minimum atomic E-state index is 0. The van der Waals surface area contributed by atoms with Gasteiger partial charge >= 0.3 is 0 Å². The van der Waals surface area contributed by atoms with E-state index in [1.165, 1.54) is 0 Å². The predicted molar refractivity (Wildman–Crippen MR) is 100 cm³/mol. The van der Waals surface area contributed by atoms with Gasteiger partial charge in [-0.1, -0.05) is 0 Å². The summed E-state index contributed by atoms with van der Waals surface area (Å²) in [5.74, 6) is 0.129. The fourth-order valence-corrected chi connectivity index (χ4v) is 2.88. The van der Waals surface area contributed by atoms with E-state index >= 15 is 0 Å². The topological polar surface area (TPSA) is 69.7 Å².